The predicted octanol–water partition coefficient (Wildman–Crippen LogP) is 1.73. The van der Waals surface area contributed by atoms with Crippen LogP contribution in [-0.4, -0.2) is 39.5 Å². The first-order chi connectivity index (χ1) is 10.4. The molecule has 0 bridgehead atoms. The number of fused-ring (bicyclic) bond motifs is 1. The first-order valence-electron chi connectivity index (χ1n) is 6.86. The SMILES string of the molecule is CCCC(C(=O)OC)C(=O)C(C)c1nc2n(c1O)C(=N)N=N2. The third-order valence-electron chi connectivity index (χ3n) is 3.55. The third-order valence-corrected chi connectivity index (χ3v) is 3.55. The van der Waals surface area contributed by atoms with Crippen molar-refractivity contribution in [2.24, 2.45) is 16.1 Å². The Balaban J connectivity index is 2.31. The number of aromatic nitrogens is 2. The maximum atomic E-state index is 12.5. The summed E-state index contributed by atoms with van der Waals surface area (Å²) in [5.41, 5.74) is 0.0772. The van der Waals surface area contributed by atoms with Crippen LogP contribution in [0.5, 0.6) is 5.88 Å². The lowest BCUT2D eigenvalue weighted by Crippen LogP contribution is -2.29. The molecule has 9 heteroatoms. The van der Waals surface area contributed by atoms with Gasteiger partial charge in [0.05, 0.1) is 13.0 Å². The average Bonchev–Trinajstić information content (AvgIpc) is 3.03. The Labute approximate surface area is 126 Å². The second-order valence-corrected chi connectivity index (χ2v) is 4.97. The number of carbonyl (C=O) groups is 2. The quantitative estimate of drug-likeness (QED) is 0.610. The smallest absolute Gasteiger partial charge is 0.316 e. The van der Waals surface area contributed by atoms with Gasteiger partial charge in [0.25, 0.3) is 11.9 Å². The number of methoxy groups -OCH3 is 1. The van der Waals surface area contributed by atoms with Crippen LogP contribution >= 0.6 is 0 Å². The van der Waals surface area contributed by atoms with Crippen LogP contribution in [0.3, 0.4) is 0 Å². The number of esters is 1. The van der Waals surface area contributed by atoms with Crippen molar-refractivity contribution in [3.8, 4) is 5.88 Å². The first-order valence-corrected chi connectivity index (χ1v) is 6.86. The second kappa shape index (κ2) is 6.04. The monoisotopic (exact) mass is 307 g/mol. The number of azo groups is 1. The van der Waals surface area contributed by atoms with Crippen molar-refractivity contribution in [2.75, 3.05) is 7.11 Å². The van der Waals surface area contributed by atoms with Gasteiger partial charge in [-0.2, -0.15) is 0 Å². The van der Waals surface area contributed by atoms with Gasteiger partial charge in [-0.1, -0.05) is 13.3 Å². The number of hydrogen-bond acceptors (Lipinski definition) is 7. The van der Waals surface area contributed by atoms with E-state index in [1.165, 1.54) is 7.11 Å². The van der Waals surface area contributed by atoms with Crippen molar-refractivity contribution in [2.45, 2.75) is 32.6 Å². The number of Topliss-reactive ketones (excluding diaryl/α,β-unsaturated/α-hetero) is 1. The molecule has 2 heterocycles. The van der Waals surface area contributed by atoms with Crippen molar-refractivity contribution in [3.05, 3.63) is 5.69 Å². The van der Waals surface area contributed by atoms with E-state index < -0.39 is 17.8 Å². The van der Waals surface area contributed by atoms with Crippen LogP contribution in [0.2, 0.25) is 0 Å². The number of imidazole rings is 1. The fraction of sp³-hybridized carbons (Fsp3) is 0.538. The van der Waals surface area contributed by atoms with Crippen molar-refractivity contribution >= 4 is 23.7 Å². The molecule has 2 atom stereocenters. The molecule has 0 aromatic carbocycles. The fourth-order valence-corrected chi connectivity index (χ4v) is 2.35. The van der Waals surface area contributed by atoms with Crippen LogP contribution < -0.4 is 0 Å². The Morgan fingerprint density at radius 3 is 2.64 bits per heavy atom. The van der Waals surface area contributed by atoms with Crippen molar-refractivity contribution in [1.29, 1.82) is 5.41 Å². The minimum atomic E-state index is -0.901. The number of hydrogen-bond donors (Lipinski definition) is 2. The van der Waals surface area contributed by atoms with Crippen molar-refractivity contribution in [1.82, 2.24) is 9.55 Å². The zero-order chi connectivity index (χ0) is 16.4. The summed E-state index contributed by atoms with van der Waals surface area (Å²) in [6, 6.07) is 0. The molecule has 1 aliphatic rings. The van der Waals surface area contributed by atoms with Gasteiger partial charge in [0.2, 0.25) is 5.88 Å². The summed E-state index contributed by atoms with van der Waals surface area (Å²) in [5.74, 6) is -3.29. The van der Waals surface area contributed by atoms with Gasteiger partial charge in [0.1, 0.15) is 11.6 Å². The molecule has 0 saturated carbocycles. The van der Waals surface area contributed by atoms with Gasteiger partial charge in [-0.15, -0.1) is 10.2 Å². The average molecular weight is 307 g/mol. The van der Waals surface area contributed by atoms with E-state index in [0.717, 1.165) is 4.57 Å². The zero-order valence-corrected chi connectivity index (χ0v) is 12.5. The summed E-state index contributed by atoms with van der Waals surface area (Å²) >= 11 is 0. The second-order valence-electron chi connectivity index (χ2n) is 4.97. The molecule has 2 N–H and O–H groups in total. The van der Waals surface area contributed by atoms with Gasteiger partial charge >= 0.3 is 5.97 Å². The van der Waals surface area contributed by atoms with E-state index >= 15 is 0 Å². The lowest BCUT2D eigenvalue weighted by atomic mass is 9.89. The topological polar surface area (TPSA) is 130 Å². The van der Waals surface area contributed by atoms with Crippen LogP contribution in [0.1, 0.15) is 38.3 Å². The van der Waals surface area contributed by atoms with Gasteiger partial charge in [0, 0.05) is 0 Å². The largest absolute Gasteiger partial charge is 0.493 e. The summed E-state index contributed by atoms with van der Waals surface area (Å²) < 4.78 is 5.70. The highest BCUT2D eigenvalue weighted by Gasteiger charge is 2.35. The summed E-state index contributed by atoms with van der Waals surface area (Å²) in [7, 11) is 1.23. The lowest BCUT2D eigenvalue weighted by Gasteiger charge is -2.16. The third kappa shape index (κ3) is 2.49. The van der Waals surface area contributed by atoms with Crippen molar-refractivity contribution < 1.29 is 19.4 Å². The molecule has 0 radical (unpaired) electrons. The Bertz CT molecular complexity index is 664. The fourth-order valence-electron chi connectivity index (χ4n) is 2.35. The molecular weight excluding hydrogens is 290 g/mol. The number of carbonyl (C=O) groups excluding carboxylic acids is 2. The Kier molecular flexibility index (Phi) is 4.34. The minimum Gasteiger partial charge on any atom is -0.493 e. The lowest BCUT2D eigenvalue weighted by molar-refractivity contribution is -0.150. The van der Waals surface area contributed by atoms with Gasteiger partial charge in [0.15, 0.2) is 5.78 Å². The van der Waals surface area contributed by atoms with Crippen LogP contribution in [-0.2, 0) is 14.3 Å². The molecule has 0 fully saturated rings. The molecule has 0 aliphatic carbocycles. The molecule has 0 amide bonds. The standard InChI is InChI=1S/C13H17N5O4/c1-4-5-7(11(21)22-3)9(19)6(2)8-10(20)18-12(14)16-17-13(18)15-8/h6-7,14,20H,4-5H2,1-3H3. The molecule has 118 valence electrons. The number of rotatable bonds is 6. The van der Waals surface area contributed by atoms with E-state index in [4.69, 9.17) is 5.41 Å². The number of nitrogens with zero attached hydrogens (tertiary/aromatic N) is 4. The Hall–Kier alpha value is -2.58. The van der Waals surface area contributed by atoms with E-state index in [2.05, 4.69) is 19.9 Å². The van der Waals surface area contributed by atoms with Crippen molar-refractivity contribution in [3.63, 3.8) is 0 Å². The maximum Gasteiger partial charge on any atom is 0.316 e. The minimum absolute atomic E-state index is 0.0438. The summed E-state index contributed by atoms with van der Waals surface area (Å²) in [6.07, 6.45) is 1.00. The van der Waals surface area contributed by atoms with E-state index in [1.54, 1.807) is 6.92 Å². The van der Waals surface area contributed by atoms with Gasteiger partial charge in [-0.25, -0.2) is 9.55 Å². The van der Waals surface area contributed by atoms with Gasteiger partial charge in [-0.3, -0.25) is 15.0 Å². The summed E-state index contributed by atoms with van der Waals surface area (Å²) in [5, 5.41) is 24.7. The van der Waals surface area contributed by atoms with Gasteiger partial charge in [-0.05, 0) is 13.3 Å². The number of ether oxygens (including phenoxy) is 1. The van der Waals surface area contributed by atoms with Crippen LogP contribution in [0.25, 0.3) is 0 Å². The van der Waals surface area contributed by atoms with Crippen LogP contribution in [0.15, 0.2) is 10.2 Å². The van der Waals surface area contributed by atoms with Gasteiger partial charge < -0.3 is 9.84 Å². The number of ketones is 1. The van der Waals surface area contributed by atoms with Crippen LogP contribution in [0, 0.1) is 11.3 Å². The molecule has 0 spiro atoms. The predicted molar refractivity (Wildman–Crippen MR) is 75.4 cm³/mol. The van der Waals surface area contributed by atoms with Crippen LogP contribution in [0.4, 0.5) is 5.95 Å². The highest BCUT2D eigenvalue weighted by Crippen LogP contribution is 2.35. The van der Waals surface area contributed by atoms with E-state index in [9.17, 15) is 14.7 Å². The number of aromatic hydroxyl groups is 1. The zero-order valence-electron chi connectivity index (χ0n) is 12.5. The number of nitrogens with one attached hydrogen (secondary N) is 1. The normalized spacial score (nSPS) is 15.5. The molecule has 22 heavy (non-hydrogen) atoms. The van der Waals surface area contributed by atoms with E-state index in [1.807, 2.05) is 6.92 Å². The molecule has 2 rings (SSSR count). The van der Waals surface area contributed by atoms with E-state index in [-0.39, 0.29) is 29.3 Å². The Morgan fingerprint density at radius 2 is 2.09 bits per heavy atom. The highest BCUT2D eigenvalue weighted by molar-refractivity contribution is 6.02. The molecule has 1 aromatic rings. The highest BCUT2D eigenvalue weighted by atomic mass is 16.5. The molecule has 1 aliphatic heterocycles. The molecule has 2 unspecified atom stereocenters. The summed E-state index contributed by atoms with van der Waals surface area (Å²) in [4.78, 5) is 28.3. The Morgan fingerprint density at radius 1 is 1.41 bits per heavy atom. The van der Waals surface area contributed by atoms with E-state index in [0.29, 0.717) is 12.8 Å². The molecule has 1 aromatic heterocycles. The summed E-state index contributed by atoms with van der Waals surface area (Å²) in [6.45, 7) is 3.41. The first kappa shape index (κ1) is 15.8. The maximum absolute atomic E-state index is 12.5. The molecule has 0 saturated heterocycles. The molecule has 9 nitrogen and oxygen atoms in total. The molecular formula is C13H17N5O4.